The molecule has 0 aliphatic carbocycles. The van der Waals surface area contributed by atoms with E-state index < -0.39 is 0 Å². The Hall–Kier alpha value is 0.365. The predicted octanol–water partition coefficient (Wildman–Crippen LogP) is -4.09. The van der Waals surface area contributed by atoms with Gasteiger partial charge in [0.1, 0.15) is 0 Å². The summed E-state index contributed by atoms with van der Waals surface area (Å²) in [5, 5.41) is 2.96. The molecule has 1 aliphatic rings. The van der Waals surface area contributed by atoms with Crippen molar-refractivity contribution in [3.05, 3.63) is 22.4 Å². The molecule has 0 saturated heterocycles. The van der Waals surface area contributed by atoms with Crippen LogP contribution in [0.5, 0.6) is 0 Å². The third kappa shape index (κ3) is 3.19. The maximum absolute atomic E-state index is 5.42. The Morgan fingerprint density at radius 3 is 2.64 bits per heavy atom. The summed E-state index contributed by atoms with van der Waals surface area (Å²) in [7, 11) is 0. The molecule has 0 fully saturated rings. The smallest absolute Gasteiger partial charge is 0.587 e. The van der Waals surface area contributed by atoms with Crippen LogP contribution in [-0.2, 0) is 4.74 Å². The number of hydrogen-bond acceptors (Lipinski definition) is 3. The van der Waals surface area contributed by atoms with E-state index in [-0.39, 0.29) is 43.3 Å². The molecule has 2 heterocycles. The molecule has 1 aliphatic heterocycles. The standard InChI is InChI=1S/C9H9NOS.2Li/c1-9(2)6-11-8(10-9)7-4-3-5-12-7;;/h3H,6H2,1-2H3;;/q-2;2*+1. The van der Waals surface area contributed by atoms with Crippen LogP contribution in [0, 0.1) is 11.4 Å². The molecule has 0 N–H and O–H groups in total. The van der Waals surface area contributed by atoms with E-state index in [0.29, 0.717) is 12.5 Å². The van der Waals surface area contributed by atoms with Crippen molar-refractivity contribution in [3.8, 4) is 0 Å². The summed E-state index contributed by atoms with van der Waals surface area (Å²) in [6.07, 6.45) is 0. The summed E-state index contributed by atoms with van der Waals surface area (Å²) in [6.45, 7) is 4.77. The summed E-state index contributed by atoms with van der Waals surface area (Å²) in [6, 6.07) is 4.79. The van der Waals surface area contributed by atoms with Gasteiger partial charge >= 0.3 is 37.7 Å². The number of nitrogens with zero attached hydrogens (tertiary/aromatic N) is 1. The molecule has 0 unspecified atom stereocenters. The van der Waals surface area contributed by atoms with Gasteiger partial charge in [-0.1, -0.05) is 0 Å². The van der Waals surface area contributed by atoms with Gasteiger partial charge in [0.25, 0.3) is 0 Å². The minimum Gasteiger partial charge on any atom is -0.587 e. The first kappa shape index (κ1) is 14.4. The van der Waals surface area contributed by atoms with Crippen LogP contribution >= 0.6 is 11.3 Å². The Labute approximate surface area is 112 Å². The minimum atomic E-state index is -0.0762. The summed E-state index contributed by atoms with van der Waals surface area (Å²) < 4.78 is 5.42. The monoisotopic (exact) mass is 193 g/mol. The fraction of sp³-hybridized carbons (Fsp3) is 0.444. The average Bonchev–Trinajstić information content (AvgIpc) is 2.55. The van der Waals surface area contributed by atoms with Crippen LogP contribution in [0.1, 0.15) is 18.7 Å². The second kappa shape index (κ2) is 5.45. The first-order chi connectivity index (χ1) is 5.67. The van der Waals surface area contributed by atoms with Gasteiger partial charge in [0.2, 0.25) is 0 Å². The van der Waals surface area contributed by atoms with Gasteiger partial charge in [0.15, 0.2) is 0 Å². The van der Waals surface area contributed by atoms with E-state index in [1.165, 1.54) is 11.3 Å². The summed E-state index contributed by atoms with van der Waals surface area (Å²) in [5.74, 6) is 0.714. The van der Waals surface area contributed by atoms with Gasteiger partial charge in [-0.25, -0.2) is 0 Å². The quantitative estimate of drug-likeness (QED) is 0.328. The predicted molar refractivity (Wildman–Crippen MR) is 48.6 cm³/mol. The largest absolute Gasteiger partial charge is 1.00 e. The van der Waals surface area contributed by atoms with Gasteiger partial charge in [-0.3, -0.25) is 11.4 Å². The van der Waals surface area contributed by atoms with Crippen molar-refractivity contribution < 1.29 is 42.5 Å². The van der Waals surface area contributed by atoms with E-state index in [9.17, 15) is 0 Å². The van der Waals surface area contributed by atoms with E-state index in [0.717, 1.165) is 4.88 Å². The number of hydrogen-bond donors (Lipinski definition) is 0. The van der Waals surface area contributed by atoms with Crippen molar-refractivity contribution in [1.29, 1.82) is 0 Å². The molecule has 5 heteroatoms. The van der Waals surface area contributed by atoms with Crippen LogP contribution in [0.3, 0.4) is 0 Å². The van der Waals surface area contributed by atoms with Gasteiger partial charge in [-0.15, -0.1) is 0 Å². The molecule has 0 bridgehead atoms. The van der Waals surface area contributed by atoms with E-state index >= 15 is 0 Å². The number of aliphatic imine (C=N–C) groups is 1. The molecule has 1 aromatic rings. The van der Waals surface area contributed by atoms with E-state index in [2.05, 4.69) is 30.3 Å². The van der Waals surface area contributed by atoms with Crippen LogP contribution in [0.15, 0.2) is 11.1 Å². The maximum atomic E-state index is 5.42. The van der Waals surface area contributed by atoms with Crippen molar-refractivity contribution in [3.63, 3.8) is 0 Å². The molecular weight excluding hydrogens is 184 g/mol. The molecule has 64 valence electrons. The van der Waals surface area contributed by atoms with Crippen molar-refractivity contribution in [2.75, 3.05) is 6.61 Å². The fourth-order valence-electron chi connectivity index (χ4n) is 1.02. The SMILES string of the molecule is CC1(C)COC(c2[c-]c[c-]s2)=N1.[Li+].[Li+]. The van der Waals surface area contributed by atoms with Crippen LogP contribution in [0.2, 0.25) is 0 Å². The summed E-state index contributed by atoms with van der Waals surface area (Å²) in [5.41, 5.74) is -0.0762. The molecule has 1 aromatic heterocycles. The van der Waals surface area contributed by atoms with Gasteiger partial charge in [-0.2, -0.15) is 4.88 Å². The summed E-state index contributed by atoms with van der Waals surface area (Å²) >= 11 is 1.48. The number of thiophene rings is 1. The maximum Gasteiger partial charge on any atom is 1.00 e. The number of ether oxygens (including phenoxy) is 1. The van der Waals surface area contributed by atoms with Gasteiger partial charge in [-0.05, 0) is 13.8 Å². The van der Waals surface area contributed by atoms with E-state index in [1.807, 2.05) is 0 Å². The normalized spacial score (nSPS) is 17.4. The molecule has 0 amide bonds. The molecule has 0 spiro atoms. The molecule has 2 rings (SSSR count). The Bertz CT molecular complexity index is 309. The zero-order chi connectivity index (χ0) is 8.60. The molecular formula is C9H9Li2NOS. The van der Waals surface area contributed by atoms with Crippen molar-refractivity contribution in [2.45, 2.75) is 19.4 Å². The van der Waals surface area contributed by atoms with Gasteiger partial charge in [0.05, 0.1) is 12.1 Å². The third-order valence-corrected chi connectivity index (χ3v) is 2.32. The Balaban J connectivity index is 0.000000845. The Morgan fingerprint density at radius 1 is 1.50 bits per heavy atom. The molecule has 0 saturated carbocycles. The molecule has 0 atom stereocenters. The first-order valence-electron chi connectivity index (χ1n) is 3.78. The Kier molecular flexibility index (Phi) is 5.59. The fourth-order valence-corrected chi connectivity index (χ4v) is 1.56. The Morgan fingerprint density at radius 2 is 2.21 bits per heavy atom. The molecule has 0 radical (unpaired) electrons. The second-order valence-corrected chi connectivity index (χ2v) is 4.20. The summed E-state index contributed by atoms with van der Waals surface area (Å²) in [4.78, 5) is 5.36. The molecule has 2 nitrogen and oxygen atoms in total. The zero-order valence-corrected chi connectivity index (χ0v) is 9.86. The minimum absolute atomic E-state index is 0. The van der Waals surface area contributed by atoms with Crippen LogP contribution in [0.4, 0.5) is 0 Å². The molecule has 0 aromatic carbocycles. The second-order valence-electron chi connectivity index (χ2n) is 3.36. The van der Waals surface area contributed by atoms with E-state index in [1.54, 1.807) is 6.07 Å². The van der Waals surface area contributed by atoms with Crippen LogP contribution in [-0.4, -0.2) is 18.0 Å². The van der Waals surface area contributed by atoms with Gasteiger partial charge < -0.3 is 27.1 Å². The number of rotatable bonds is 1. The first-order valence-corrected chi connectivity index (χ1v) is 4.60. The third-order valence-electron chi connectivity index (χ3n) is 1.58. The van der Waals surface area contributed by atoms with Crippen LogP contribution in [0.25, 0.3) is 0 Å². The van der Waals surface area contributed by atoms with Crippen molar-refractivity contribution >= 4 is 17.2 Å². The molecule has 14 heavy (non-hydrogen) atoms. The van der Waals surface area contributed by atoms with E-state index in [4.69, 9.17) is 4.74 Å². The van der Waals surface area contributed by atoms with Gasteiger partial charge in [0, 0.05) is 5.90 Å². The average molecular weight is 193 g/mol. The topological polar surface area (TPSA) is 21.6 Å². The van der Waals surface area contributed by atoms with Crippen molar-refractivity contribution in [1.82, 2.24) is 0 Å². The van der Waals surface area contributed by atoms with Crippen molar-refractivity contribution in [2.24, 2.45) is 4.99 Å². The zero-order valence-electron chi connectivity index (χ0n) is 9.05. The van der Waals surface area contributed by atoms with Crippen LogP contribution < -0.4 is 37.7 Å².